The van der Waals surface area contributed by atoms with Gasteiger partial charge in [-0.1, -0.05) is 12.1 Å². The molecule has 0 heterocycles. The Morgan fingerprint density at radius 1 is 1.26 bits per heavy atom. The third-order valence-corrected chi connectivity index (χ3v) is 2.60. The summed E-state index contributed by atoms with van der Waals surface area (Å²) < 4.78 is 9.90. The minimum atomic E-state index is -0.915. The van der Waals surface area contributed by atoms with E-state index >= 15 is 0 Å². The maximum Gasteiger partial charge on any atom is 0.330 e. The van der Waals surface area contributed by atoms with Crippen LogP contribution >= 0.6 is 0 Å². The molecule has 5 nitrogen and oxygen atoms in total. The number of rotatable bonds is 7. The molecule has 1 rings (SSSR count). The van der Waals surface area contributed by atoms with Crippen LogP contribution in [0.1, 0.15) is 19.4 Å². The Balaban J connectivity index is 2.60. The second kappa shape index (κ2) is 7.53. The summed E-state index contributed by atoms with van der Waals surface area (Å²) in [6.07, 6.45) is 0. The maximum absolute atomic E-state index is 11.6. The second-order valence-electron chi connectivity index (χ2n) is 4.02. The molecular formula is C14H19NO4. The maximum atomic E-state index is 11.6. The summed E-state index contributed by atoms with van der Waals surface area (Å²) >= 11 is 0. The molecule has 1 aromatic carbocycles. The van der Waals surface area contributed by atoms with E-state index in [4.69, 9.17) is 9.47 Å². The van der Waals surface area contributed by atoms with Gasteiger partial charge >= 0.3 is 5.97 Å². The van der Waals surface area contributed by atoms with Crippen molar-refractivity contribution >= 4 is 11.8 Å². The molecule has 0 aliphatic rings. The summed E-state index contributed by atoms with van der Waals surface area (Å²) in [5, 5.41) is 2.89. The highest BCUT2D eigenvalue weighted by Crippen LogP contribution is 2.11. The van der Waals surface area contributed by atoms with E-state index in [2.05, 4.69) is 5.32 Å². The molecule has 0 radical (unpaired) electrons. The van der Waals surface area contributed by atoms with E-state index in [9.17, 15) is 9.59 Å². The fraction of sp³-hybridized carbons (Fsp3) is 0.429. The fourth-order valence-electron chi connectivity index (χ4n) is 1.58. The molecule has 1 aromatic rings. The topological polar surface area (TPSA) is 64.6 Å². The summed E-state index contributed by atoms with van der Waals surface area (Å²) in [4.78, 5) is 23.0. The largest absolute Gasteiger partial charge is 0.497 e. The SMILES string of the molecule is CCOC(=O)C(NCc1ccc(OC)cc1)C(C)=O. The van der Waals surface area contributed by atoms with Crippen LogP contribution in [-0.2, 0) is 20.9 Å². The monoisotopic (exact) mass is 265 g/mol. The number of Topliss-reactive ketones (excluding diaryl/α,β-unsaturated/α-hetero) is 1. The van der Waals surface area contributed by atoms with Crippen molar-refractivity contribution in [3.05, 3.63) is 29.8 Å². The van der Waals surface area contributed by atoms with Crippen LogP contribution in [0.5, 0.6) is 5.75 Å². The number of carbonyl (C=O) groups is 2. The number of esters is 1. The molecule has 5 heteroatoms. The molecule has 0 saturated heterocycles. The van der Waals surface area contributed by atoms with E-state index in [1.165, 1.54) is 6.92 Å². The average molecular weight is 265 g/mol. The quantitative estimate of drug-likeness (QED) is 0.595. The molecule has 0 saturated carbocycles. The van der Waals surface area contributed by atoms with Gasteiger partial charge in [-0.25, -0.2) is 4.79 Å². The minimum absolute atomic E-state index is 0.257. The van der Waals surface area contributed by atoms with Crippen LogP contribution in [0.15, 0.2) is 24.3 Å². The van der Waals surface area contributed by atoms with E-state index < -0.39 is 12.0 Å². The minimum Gasteiger partial charge on any atom is -0.497 e. The first-order chi connectivity index (χ1) is 9.08. The van der Waals surface area contributed by atoms with Crippen LogP contribution in [-0.4, -0.2) is 31.5 Å². The van der Waals surface area contributed by atoms with Gasteiger partial charge in [0.15, 0.2) is 11.8 Å². The lowest BCUT2D eigenvalue weighted by Gasteiger charge is -2.14. The summed E-state index contributed by atoms with van der Waals surface area (Å²) in [5.41, 5.74) is 0.955. The van der Waals surface area contributed by atoms with Gasteiger partial charge in [-0.05, 0) is 31.5 Å². The van der Waals surface area contributed by atoms with Crippen LogP contribution < -0.4 is 10.1 Å². The molecule has 0 aliphatic heterocycles. The third kappa shape index (κ3) is 4.71. The number of methoxy groups -OCH3 is 1. The first-order valence-corrected chi connectivity index (χ1v) is 6.12. The Hall–Kier alpha value is -1.88. The van der Waals surface area contributed by atoms with Gasteiger partial charge in [-0.2, -0.15) is 0 Å². The lowest BCUT2D eigenvalue weighted by Crippen LogP contribution is -2.43. The van der Waals surface area contributed by atoms with Crippen molar-refractivity contribution in [3.63, 3.8) is 0 Å². The van der Waals surface area contributed by atoms with Gasteiger partial charge in [0.05, 0.1) is 13.7 Å². The number of nitrogens with one attached hydrogen (secondary N) is 1. The van der Waals surface area contributed by atoms with Gasteiger partial charge in [-0.3, -0.25) is 10.1 Å². The van der Waals surface area contributed by atoms with Crippen LogP contribution in [0.25, 0.3) is 0 Å². The molecule has 0 spiro atoms. The van der Waals surface area contributed by atoms with Crippen molar-refractivity contribution in [2.75, 3.05) is 13.7 Å². The first-order valence-electron chi connectivity index (χ1n) is 6.12. The van der Waals surface area contributed by atoms with E-state index in [1.54, 1.807) is 14.0 Å². The lowest BCUT2D eigenvalue weighted by molar-refractivity contribution is -0.148. The van der Waals surface area contributed by atoms with Crippen LogP contribution in [0, 0.1) is 0 Å². The van der Waals surface area contributed by atoms with E-state index in [0.29, 0.717) is 6.54 Å². The van der Waals surface area contributed by atoms with Crippen molar-refractivity contribution in [2.45, 2.75) is 26.4 Å². The van der Waals surface area contributed by atoms with Gasteiger partial charge in [0, 0.05) is 6.54 Å². The zero-order valence-corrected chi connectivity index (χ0v) is 11.4. The molecule has 0 fully saturated rings. The highest BCUT2D eigenvalue weighted by molar-refractivity contribution is 6.01. The Morgan fingerprint density at radius 2 is 1.89 bits per heavy atom. The Morgan fingerprint density at radius 3 is 2.37 bits per heavy atom. The van der Waals surface area contributed by atoms with Gasteiger partial charge in [-0.15, -0.1) is 0 Å². The van der Waals surface area contributed by atoms with Crippen molar-refractivity contribution in [3.8, 4) is 5.75 Å². The number of ether oxygens (including phenoxy) is 2. The average Bonchev–Trinajstić information content (AvgIpc) is 2.39. The van der Waals surface area contributed by atoms with Crippen LogP contribution in [0.4, 0.5) is 0 Å². The smallest absolute Gasteiger partial charge is 0.330 e. The molecule has 104 valence electrons. The standard InChI is InChI=1S/C14H19NO4/c1-4-19-14(17)13(10(2)16)15-9-11-5-7-12(18-3)8-6-11/h5-8,13,15H,4,9H2,1-3H3. The number of benzene rings is 1. The second-order valence-corrected chi connectivity index (χ2v) is 4.02. The number of hydrogen-bond acceptors (Lipinski definition) is 5. The fourth-order valence-corrected chi connectivity index (χ4v) is 1.58. The third-order valence-electron chi connectivity index (χ3n) is 2.60. The molecule has 1 unspecified atom stereocenters. The summed E-state index contributed by atoms with van der Waals surface area (Å²) in [6.45, 7) is 3.74. The predicted octanol–water partition coefficient (Wildman–Crippen LogP) is 1.31. The number of ketones is 1. The molecule has 0 bridgehead atoms. The predicted molar refractivity (Wildman–Crippen MR) is 70.9 cm³/mol. The zero-order chi connectivity index (χ0) is 14.3. The van der Waals surface area contributed by atoms with Crippen molar-refractivity contribution in [1.82, 2.24) is 5.32 Å². The number of hydrogen-bond donors (Lipinski definition) is 1. The molecule has 0 aliphatic carbocycles. The molecule has 1 N–H and O–H groups in total. The molecule has 0 amide bonds. The highest BCUT2D eigenvalue weighted by Gasteiger charge is 2.23. The summed E-state index contributed by atoms with van der Waals surface area (Å²) in [6, 6.07) is 6.47. The van der Waals surface area contributed by atoms with Crippen LogP contribution in [0.3, 0.4) is 0 Å². The number of carbonyl (C=O) groups excluding carboxylic acids is 2. The van der Waals surface area contributed by atoms with Gasteiger partial charge in [0.25, 0.3) is 0 Å². The molecule has 19 heavy (non-hydrogen) atoms. The summed E-state index contributed by atoms with van der Waals surface area (Å²) in [5.74, 6) is -0.0345. The van der Waals surface area contributed by atoms with Crippen molar-refractivity contribution in [2.24, 2.45) is 0 Å². The van der Waals surface area contributed by atoms with Crippen molar-refractivity contribution < 1.29 is 19.1 Å². The van der Waals surface area contributed by atoms with Gasteiger partial charge < -0.3 is 9.47 Å². The van der Waals surface area contributed by atoms with Gasteiger partial charge in [0.1, 0.15) is 5.75 Å². The highest BCUT2D eigenvalue weighted by atomic mass is 16.5. The molecular weight excluding hydrogens is 246 g/mol. The molecule has 1 atom stereocenters. The zero-order valence-electron chi connectivity index (χ0n) is 11.4. The van der Waals surface area contributed by atoms with Crippen LogP contribution in [0.2, 0.25) is 0 Å². The first kappa shape index (κ1) is 15.2. The Labute approximate surface area is 112 Å². The normalized spacial score (nSPS) is 11.7. The lowest BCUT2D eigenvalue weighted by atomic mass is 10.1. The summed E-state index contributed by atoms with van der Waals surface area (Å²) in [7, 11) is 1.60. The van der Waals surface area contributed by atoms with E-state index in [-0.39, 0.29) is 12.4 Å². The Kier molecular flexibility index (Phi) is 6.02. The Bertz CT molecular complexity index is 428. The van der Waals surface area contributed by atoms with E-state index in [0.717, 1.165) is 11.3 Å². The molecule has 0 aromatic heterocycles. The van der Waals surface area contributed by atoms with Gasteiger partial charge in [0.2, 0.25) is 0 Å². The van der Waals surface area contributed by atoms with E-state index in [1.807, 2.05) is 24.3 Å². The van der Waals surface area contributed by atoms with Crippen molar-refractivity contribution in [1.29, 1.82) is 0 Å².